The summed E-state index contributed by atoms with van der Waals surface area (Å²) in [6, 6.07) is 27.9. The lowest BCUT2D eigenvalue weighted by atomic mass is 10.1. The number of rotatable bonds is 9. The first kappa shape index (κ1) is 21.6. The van der Waals surface area contributed by atoms with Crippen LogP contribution in [0.15, 0.2) is 91.1 Å². The van der Waals surface area contributed by atoms with Gasteiger partial charge in [-0.2, -0.15) is 0 Å². The number of aromatic nitrogens is 3. The van der Waals surface area contributed by atoms with Crippen LogP contribution < -0.4 is 10.1 Å². The topological polar surface area (TPSA) is 69.0 Å². The number of nitrogens with one attached hydrogen (secondary N) is 1. The molecule has 0 radical (unpaired) electrons. The van der Waals surface area contributed by atoms with Gasteiger partial charge < -0.3 is 14.6 Å². The molecule has 170 valence electrons. The minimum absolute atomic E-state index is 0.174. The molecule has 3 aromatic carbocycles. The molecule has 6 heteroatoms. The molecule has 0 fully saturated rings. The number of amides is 1. The molecule has 0 unspecified atom stereocenters. The monoisotopic (exact) mass is 450 g/mol. The first-order chi connectivity index (χ1) is 16.8. The van der Waals surface area contributed by atoms with Gasteiger partial charge in [-0.25, -0.2) is 4.98 Å². The zero-order valence-corrected chi connectivity index (χ0v) is 18.9. The van der Waals surface area contributed by atoms with Gasteiger partial charge in [0.05, 0.1) is 17.6 Å². The molecule has 0 spiro atoms. The summed E-state index contributed by atoms with van der Waals surface area (Å²) >= 11 is 0. The Morgan fingerprint density at radius 1 is 0.912 bits per heavy atom. The SMILES string of the molecule is O=C(NCCc1nc2ccccc2n1CCCOc1ccc2ccccc2c1)c1ccccn1. The zero-order chi connectivity index (χ0) is 23.2. The number of ether oxygens (including phenoxy) is 1. The fourth-order valence-electron chi connectivity index (χ4n) is 4.11. The maximum atomic E-state index is 12.3. The van der Waals surface area contributed by atoms with E-state index in [2.05, 4.69) is 45.2 Å². The number of carbonyl (C=O) groups excluding carboxylic acids is 1. The van der Waals surface area contributed by atoms with E-state index in [1.54, 1.807) is 24.4 Å². The first-order valence-corrected chi connectivity index (χ1v) is 11.5. The Kier molecular flexibility index (Phi) is 6.47. The smallest absolute Gasteiger partial charge is 0.269 e. The predicted molar refractivity (Wildman–Crippen MR) is 134 cm³/mol. The van der Waals surface area contributed by atoms with Gasteiger partial charge in [-0.1, -0.05) is 48.5 Å². The largest absolute Gasteiger partial charge is 0.494 e. The lowest BCUT2D eigenvalue weighted by Crippen LogP contribution is -2.27. The summed E-state index contributed by atoms with van der Waals surface area (Å²) in [6.45, 7) is 1.89. The second-order valence-corrected chi connectivity index (χ2v) is 8.10. The van der Waals surface area contributed by atoms with E-state index in [1.807, 2.05) is 36.4 Å². The standard InChI is InChI=1S/C28H26N4O2/c33-28(25-11-5-6-16-29-25)30-17-15-27-31-24-10-3-4-12-26(24)32(27)18-7-19-34-23-14-13-21-8-1-2-9-22(21)20-23/h1-6,8-14,16,20H,7,15,17-19H2,(H,30,33). The molecule has 2 aromatic heterocycles. The second-order valence-electron chi connectivity index (χ2n) is 8.10. The van der Waals surface area contributed by atoms with Crippen LogP contribution in [0.25, 0.3) is 21.8 Å². The average molecular weight is 451 g/mol. The van der Waals surface area contributed by atoms with Crippen molar-refractivity contribution in [1.82, 2.24) is 19.9 Å². The van der Waals surface area contributed by atoms with E-state index in [4.69, 9.17) is 9.72 Å². The Morgan fingerprint density at radius 3 is 2.62 bits per heavy atom. The fraction of sp³-hybridized carbons (Fsp3) is 0.179. The summed E-state index contributed by atoms with van der Waals surface area (Å²) in [5.41, 5.74) is 2.48. The zero-order valence-electron chi connectivity index (χ0n) is 18.9. The third-order valence-corrected chi connectivity index (χ3v) is 5.78. The third kappa shape index (κ3) is 4.91. The Morgan fingerprint density at radius 2 is 1.74 bits per heavy atom. The summed E-state index contributed by atoms with van der Waals surface area (Å²) in [4.78, 5) is 21.2. The number of nitrogens with zero attached hydrogens (tertiary/aromatic N) is 3. The van der Waals surface area contributed by atoms with Crippen molar-refractivity contribution in [2.75, 3.05) is 13.2 Å². The molecule has 0 aliphatic carbocycles. The molecule has 0 atom stereocenters. The van der Waals surface area contributed by atoms with Gasteiger partial charge in [-0.3, -0.25) is 9.78 Å². The van der Waals surface area contributed by atoms with E-state index < -0.39 is 0 Å². The summed E-state index contributed by atoms with van der Waals surface area (Å²) in [5, 5.41) is 5.33. The first-order valence-electron chi connectivity index (χ1n) is 11.5. The van der Waals surface area contributed by atoms with E-state index >= 15 is 0 Å². The highest BCUT2D eigenvalue weighted by molar-refractivity contribution is 5.92. The number of para-hydroxylation sites is 2. The molecule has 5 aromatic rings. The predicted octanol–water partition coefficient (Wildman–Crippen LogP) is 5.03. The van der Waals surface area contributed by atoms with Crippen LogP contribution in [0.1, 0.15) is 22.7 Å². The van der Waals surface area contributed by atoms with Crippen LogP contribution in [0.3, 0.4) is 0 Å². The molecule has 0 saturated heterocycles. The lowest BCUT2D eigenvalue weighted by molar-refractivity contribution is 0.0949. The minimum atomic E-state index is -0.174. The number of imidazole rings is 1. The van der Waals surface area contributed by atoms with Crippen LogP contribution in [-0.4, -0.2) is 33.6 Å². The number of hydrogen-bond donors (Lipinski definition) is 1. The number of hydrogen-bond acceptors (Lipinski definition) is 4. The molecular weight excluding hydrogens is 424 g/mol. The van der Waals surface area contributed by atoms with Crippen LogP contribution in [-0.2, 0) is 13.0 Å². The average Bonchev–Trinajstić information content (AvgIpc) is 3.24. The molecule has 0 aliphatic rings. The molecule has 0 bridgehead atoms. The molecule has 1 amide bonds. The number of fused-ring (bicyclic) bond motifs is 2. The Hall–Kier alpha value is -4.19. The van der Waals surface area contributed by atoms with Crippen molar-refractivity contribution in [3.63, 3.8) is 0 Å². The van der Waals surface area contributed by atoms with E-state index in [0.717, 1.165) is 35.6 Å². The Balaban J connectivity index is 1.21. The van der Waals surface area contributed by atoms with Gasteiger partial charge in [0.2, 0.25) is 0 Å². The van der Waals surface area contributed by atoms with E-state index in [9.17, 15) is 4.79 Å². The van der Waals surface area contributed by atoms with Crippen LogP contribution in [0, 0.1) is 0 Å². The van der Waals surface area contributed by atoms with Crippen LogP contribution >= 0.6 is 0 Å². The molecular formula is C28H26N4O2. The van der Waals surface area contributed by atoms with Crippen molar-refractivity contribution in [2.24, 2.45) is 0 Å². The number of carbonyl (C=O) groups is 1. The quantitative estimate of drug-likeness (QED) is 0.320. The summed E-state index contributed by atoms with van der Waals surface area (Å²) in [6.07, 6.45) is 3.10. The highest BCUT2D eigenvalue weighted by Crippen LogP contribution is 2.21. The molecule has 0 saturated carbocycles. The number of aryl methyl sites for hydroxylation is 1. The summed E-state index contributed by atoms with van der Waals surface area (Å²) in [5.74, 6) is 1.66. The van der Waals surface area contributed by atoms with Gasteiger partial charge in [0.1, 0.15) is 17.3 Å². The Bertz CT molecular complexity index is 1410. The molecule has 34 heavy (non-hydrogen) atoms. The van der Waals surface area contributed by atoms with Crippen molar-refractivity contribution >= 4 is 27.7 Å². The molecule has 0 aliphatic heterocycles. The highest BCUT2D eigenvalue weighted by atomic mass is 16.5. The van der Waals surface area contributed by atoms with Gasteiger partial charge in [0.25, 0.3) is 5.91 Å². The third-order valence-electron chi connectivity index (χ3n) is 5.78. The van der Waals surface area contributed by atoms with Crippen LogP contribution in [0.2, 0.25) is 0 Å². The number of pyridine rings is 1. The molecule has 2 heterocycles. The van der Waals surface area contributed by atoms with Crippen molar-refractivity contribution in [3.05, 3.63) is 103 Å². The lowest BCUT2D eigenvalue weighted by Gasteiger charge is -2.11. The molecule has 1 N–H and O–H groups in total. The van der Waals surface area contributed by atoms with Gasteiger partial charge in [0, 0.05) is 25.7 Å². The van der Waals surface area contributed by atoms with E-state index in [0.29, 0.717) is 25.3 Å². The maximum Gasteiger partial charge on any atom is 0.269 e. The molecule has 5 rings (SSSR count). The van der Waals surface area contributed by atoms with Crippen LogP contribution in [0.4, 0.5) is 0 Å². The van der Waals surface area contributed by atoms with Crippen molar-refractivity contribution < 1.29 is 9.53 Å². The highest BCUT2D eigenvalue weighted by Gasteiger charge is 2.12. The summed E-state index contributed by atoms with van der Waals surface area (Å²) in [7, 11) is 0. The minimum Gasteiger partial charge on any atom is -0.494 e. The molecule has 6 nitrogen and oxygen atoms in total. The number of benzene rings is 3. The fourth-order valence-corrected chi connectivity index (χ4v) is 4.11. The normalized spacial score (nSPS) is 11.1. The van der Waals surface area contributed by atoms with Crippen LogP contribution in [0.5, 0.6) is 5.75 Å². The van der Waals surface area contributed by atoms with Crippen molar-refractivity contribution in [2.45, 2.75) is 19.4 Å². The van der Waals surface area contributed by atoms with Gasteiger partial charge in [-0.15, -0.1) is 0 Å². The van der Waals surface area contributed by atoms with Crippen molar-refractivity contribution in [1.29, 1.82) is 0 Å². The van der Waals surface area contributed by atoms with E-state index in [-0.39, 0.29) is 5.91 Å². The Labute approximate surface area is 198 Å². The summed E-state index contributed by atoms with van der Waals surface area (Å²) < 4.78 is 8.26. The van der Waals surface area contributed by atoms with Gasteiger partial charge in [-0.05, 0) is 53.6 Å². The van der Waals surface area contributed by atoms with Crippen molar-refractivity contribution in [3.8, 4) is 5.75 Å². The van der Waals surface area contributed by atoms with Gasteiger partial charge >= 0.3 is 0 Å². The van der Waals surface area contributed by atoms with Gasteiger partial charge in [0.15, 0.2) is 0 Å². The maximum absolute atomic E-state index is 12.3. The van der Waals surface area contributed by atoms with E-state index in [1.165, 1.54) is 10.8 Å². The second kappa shape index (κ2) is 10.2.